The van der Waals surface area contributed by atoms with Gasteiger partial charge in [-0.1, -0.05) is 60.7 Å². The van der Waals surface area contributed by atoms with Crippen molar-refractivity contribution < 1.29 is 13.9 Å². The number of aryl methyl sites for hydroxylation is 1. The number of carbonyl (C=O) groups excluding carboxylic acids is 1. The highest BCUT2D eigenvalue weighted by molar-refractivity contribution is 5.76. The van der Waals surface area contributed by atoms with E-state index in [0.717, 1.165) is 16.9 Å². The molecule has 0 bridgehead atoms. The second-order valence-electron chi connectivity index (χ2n) is 6.92. The molecule has 0 aliphatic carbocycles. The molecule has 0 heterocycles. The summed E-state index contributed by atoms with van der Waals surface area (Å²) in [5.74, 6) is 0.559. The van der Waals surface area contributed by atoms with E-state index in [2.05, 4.69) is 0 Å². The summed E-state index contributed by atoms with van der Waals surface area (Å²) < 4.78 is 19.7. The fraction of sp³-hybridized carbons (Fsp3) is 0.240. The lowest BCUT2D eigenvalue weighted by Gasteiger charge is -2.21. The lowest BCUT2D eigenvalue weighted by molar-refractivity contribution is -0.131. The first-order chi connectivity index (χ1) is 14.2. The number of rotatable bonds is 9. The second kappa shape index (κ2) is 10.4. The molecule has 0 unspecified atom stereocenters. The van der Waals surface area contributed by atoms with Crippen LogP contribution in [0.4, 0.5) is 4.39 Å². The molecule has 0 aliphatic heterocycles. The van der Waals surface area contributed by atoms with Gasteiger partial charge in [-0.3, -0.25) is 4.79 Å². The van der Waals surface area contributed by atoms with Crippen molar-refractivity contribution in [3.8, 4) is 5.75 Å². The molecule has 0 spiro atoms. The highest BCUT2D eigenvalue weighted by atomic mass is 19.1. The Morgan fingerprint density at radius 2 is 1.59 bits per heavy atom. The molecule has 1 amide bonds. The minimum atomic E-state index is -0.273. The Kier molecular flexibility index (Phi) is 7.40. The lowest BCUT2D eigenvalue weighted by Crippen LogP contribution is -2.30. The third kappa shape index (κ3) is 6.18. The first kappa shape index (κ1) is 20.6. The van der Waals surface area contributed by atoms with Gasteiger partial charge in [-0.05, 0) is 42.7 Å². The molecule has 29 heavy (non-hydrogen) atoms. The van der Waals surface area contributed by atoms with Crippen LogP contribution in [0.15, 0.2) is 78.9 Å². The van der Waals surface area contributed by atoms with Gasteiger partial charge in [-0.2, -0.15) is 0 Å². The second-order valence-corrected chi connectivity index (χ2v) is 6.92. The van der Waals surface area contributed by atoms with Crippen molar-refractivity contribution in [3.05, 3.63) is 101 Å². The van der Waals surface area contributed by atoms with Gasteiger partial charge in [0.15, 0.2) is 0 Å². The Morgan fingerprint density at radius 3 is 2.28 bits per heavy atom. The van der Waals surface area contributed by atoms with Gasteiger partial charge >= 0.3 is 0 Å². The summed E-state index contributed by atoms with van der Waals surface area (Å²) in [6.45, 7) is 3.30. The zero-order chi connectivity index (χ0) is 20.5. The average Bonchev–Trinajstić information content (AvgIpc) is 2.77. The van der Waals surface area contributed by atoms with Crippen molar-refractivity contribution in [1.82, 2.24) is 4.90 Å². The molecule has 3 aromatic rings. The number of hydrogen-bond donors (Lipinski definition) is 0. The molecule has 150 valence electrons. The van der Waals surface area contributed by atoms with E-state index < -0.39 is 0 Å². The van der Waals surface area contributed by atoms with Crippen LogP contribution in [0.25, 0.3) is 0 Å². The van der Waals surface area contributed by atoms with Crippen LogP contribution >= 0.6 is 0 Å². The van der Waals surface area contributed by atoms with Gasteiger partial charge in [0.2, 0.25) is 5.91 Å². The minimum absolute atomic E-state index is 0.0279. The number of nitrogens with zero attached hydrogens (tertiary/aromatic N) is 1. The Balaban J connectivity index is 1.49. The van der Waals surface area contributed by atoms with Crippen LogP contribution in [-0.4, -0.2) is 17.4 Å². The summed E-state index contributed by atoms with van der Waals surface area (Å²) in [6.07, 6.45) is 1.04. The van der Waals surface area contributed by atoms with Gasteiger partial charge in [0.1, 0.15) is 18.2 Å². The molecule has 0 saturated heterocycles. The largest absolute Gasteiger partial charge is 0.489 e. The van der Waals surface area contributed by atoms with Crippen molar-refractivity contribution in [3.63, 3.8) is 0 Å². The van der Waals surface area contributed by atoms with E-state index in [9.17, 15) is 9.18 Å². The van der Waals surface area contributed by atoms with Crippen LogP contribution in [-0.2, 0) is 24.4 Å². The summed E-state index contributed by atoms with van der Waals surface area (Å²) in [6, 6.07) is 24.4. The summed E-state index contributed by atoms with van der Waals surface area (Å²) >= 11 is 0. The number of hydrogen-bond acceptors (Lipinski definition) is 2. The van der Waals surface area contributed by atoms with E-state index in [1.165, 1.54) is 6.07 Å². The monoisotopic (exact) mass is 391 g/mol. The van der Waals surface area contributed by atoms with Crippen LogP contribution in [0, 0.1) is 5.82 Å². The van der Waals surface area contributed by atoms with Crippen LogP contribution < -0.4 is 4.74 Å². The normalized spacial score (nSPS) is 10.6. The third-order valence-corrected chi connectivity index (χ3v) is 4.85. The van der Waals surface area contributed by atoms with E-state index in [1.807, 2.05) is 61.5 Å². The Morgan fingerprint density at radius 1 is 0.897 bits per heavy atom. The SMILES string of the molecule is CCN(Cc1ccccc1F)C(=O)CCc1ccc(OCc2ccccc2)cc1. The smallest absolute Gasteiger partial charge is 0.223 e. The molecule has 3 nitrogen and oxygen atoms in total. The molecule has 0 fully saturated rings. The molecule has 4 heteroatoms. The molecule has 0 atom stereocenters. The number of amides is 1. The molecule has 0 saturated carbocycles. The van der Waals surface area contributed by atoms with Crippen molar-refractivity contribution in [1.29, 1.82) is 0 Å². The van der Waals surface area contributed by atoms with Gasteiger partial charge in [-0.25, -0.2) is 4.39 Å². The number of carbonyl (C=O) groups is 1. The van der Waals surface area contributed by atoms with E-state index in [1.54, 1.807) is 23.1 Å². The maximum absolute atomic E-state index is 13.9. The van der Waals surface area contributed by atoms with Gasteiger partial charge in [0.25, 0.3) is 0 Å². The van der Waals surface area contributed by atoms with E-state index in [-0.39, 0.29) is 11.7 Å². The van der Waals surface area contributed by atoms with Gasteiger partial charge in [0, 0.05) is 25.1 Å². The molecule has 0 N–H and O–H groups in total. The number of halogens is 1. The molecule has 3 aromatic carbocycles. The topological polar surface area (TPSA) is 29.5 Å². The molecule has 0 aromatic heterocycles. The maximum Gasteiger partial charge on any atom is 0.223 e. The average molecular weight is 391 g/mol. The number of ether oxygens (including phenoxy) is 1. The fourth-order valence-corrected chi connectivity index (χ4v) is 3.11. The predicted molar refractivity (Wildman–Crippen MR) is 113 cm³/mol. The fourth-order valence-electron chi connectivity index (χ4n) is 3.11. The maximum atomic E-state index is 13.9. The van der Waals surface area contributed by atoms with E-state index >= 15 is 0 Å². The first-order valence-corrected chi connectivity index (χ1v) is 9.92. The summed E-state index contributed by atoms with van der Waals surface area (Å²) in [5, 5.41) is 0. The molecular formula is C25H26FNO2. The Bertz CT molecular complexity index is 910. The van der Waals surface area contributed by atoms with Crippen LogP contribution in [0.1, 0.15) is 30.0 Å². The Labute approximate surface area is 171 Å². The molecular weight excluding hydrogens is 365 g/mol. The van der Waals surface area contributed by atoms with E-state index in [4.69, 9.17) is 4.74 Å². The summed E-state index contributed by atoms with van der Waals surface area (Å²) in [5.41, 5.74) is 2.74. The van der Waals surface area contributed by atoms with Crippen molar-refractivity contribution in [2.75, 3.05) is 6.54 Å². The zero-order valence-corrected chi connectivity index (χ0v) is 16.7. The molecule has 0 aliphatic rings. The first-order valence-electron chi connectivity index (χ1n) is 9.92. The summed E-state index contributed by atoms with van der Waals surface area (Å²) in [7, 11) is 0. The Hall–Kier alpha value is -3.14. The molecule has 0 radical (unpaired) electrons. The zero-order valence-electron chi connectivity index (χ0n) is 16.7. The third-order valence-electron chi connectivity index (χ3n) is 4.85. The van der Waals surface area contributed by atoms with Crippen LogP contribution in [0.5, 0.6) is 5.75 Å². The van der Waals surface area contributed by atoms with Crippen molar-refractivity contribution in [2.45, 2.75) is 32.9 Å². The summed E-state index contributed by atoms with van der Waals surface area (Å²) in [4.78, 5) is 14.3. The van der Waals surface area contributed by atoms with Crippen LogP contribution in [0.3, 0.4) is 0 Å². The highest BCUT2D eigenvalue weighted by Gasteiger charge is 2.14. The van der Waals surface area contributed by atoms with Gasteiger partial charge in [0.05, 0.1) is 0 Å². The standard InChI is InChI=1S/C25H26FNO2/c1-2-27(18-22-10-6-7-11-24(22)26)25(28)17-14-20-12-15-23(16-13-20)29-19-21-8-4-3-5-9-21/h3-13,15-16H,2,14,17-19H2,1H3. The van der Waals surface area contributed by atoms with E-state index in [0.29, 0.717) is 38.1 Å². The molecule has 3 rings (SSSR count). The quantitative estimate of drug-likeness (QED) is 0.490. The van der Waals surface area contributed by atoms with Crippen molar-refractivity contribution in [2.24, 2.45) is 0 Å². The van der Waals surface area contributed by atoms with Crippen molar-refractivity contribution >= 4 is 5.91 Å². The highest BCUT2D eigenvalue weighted by Crippen LogP contribution is 2.16. The van der Waals surface area contributed by atoms with Gasteiger partial charge < -0.3 is 9.64 Å². The van der Waals surface area contributed by atoms with Gasteiger partial charge in [-0.15, -0.1) is 0 Å². The predicted octanol–water partition coefficient (Wildman–Crippen LogP) is 5.39. The van der Waals surface area contributed by atoms with Crippen LogP contribution in [0.2, 0.25) is 0 Å². The lowest BCUT2D eigenvalue weighted by atomic mass is 10.1. The number of benzene rings is 3. The minimum Gasteiger partial charge on any atom is -0.489 e.